The summed E-state index contributed by atoms with van der Waals surface area (Å²) in [6.45, 7) is 0.156. The van der Waals surface area contributed by atoms with Crippen LogP contribution in [0.15, 0.2) is 90.0 Å². The molecule has 0 radical (unpaired) electrons. The van der Waals surface area contributed by atoms with Crippen molar-refractivity contribution in [3.05, 3.63) is 90.5 Å². The van der Waals surface area contributed by atoms with E-state index in [1.807, 2.05) is 60.7 Å². The molecule has 2 N–H and O–H groups in total. The summed E-state index contributed by atoms with van der Waals surface area (Å²) >= 11 is 0. The molecule has 4 aromatic rings. The third-order valence-electron chi connectivity index (χ3n) is 4.41. The number of nitrogens with one attached hydrogen (secondary N) is 2. The summed E-state index contributed by atoms with van der Waals surface area (Å²) in [6.07, 6.45) is 1.66. The Bertz CT molecular complexity index is 1130. The Kier molecular flexibility index (Phi) is 4.79. The summed E-state index contributed by atoms with van der Waals surface area (Å²) in [5, 5.41) is 11.8. The zero-order chi connectivity index (χ0) is 18.5. The average molecular weight is 353 g/mol. The van der Waals surface area contributed by atoms with Crippen molar-refractivity contribution in [2.24, 2.45) is 5.10 Å². The topological polar surface area (TPSA) is 53.5 Å². The average Bonchev–Trinajstić information content (AvgIpc) is 2.72. The highest BCUT2D eigenvalue weighted by molar-refractivity contribution is 5.95. The highest BCUT2D eigenvalue weighted by Crippen LogP contribution is 2.22. The number of benzene rings is 4. The lowest BCUT2D eigenvalue weighted by molar-refractivity contribution is -0.119. The van der Waals surface area contributed by atoms with Crippen LogP contribution in [0.3, 0.4) is 0 Å². The number of amides is 1. The summed E-state index contributed by atoms with van der Waals surface area (Å²) in [5.74, 6) is -0.194. The Labute approximate surface area is 157 Å². The normalized spacial score (nSPS) is 11.1. The van der Waals surface area contributed by atoms with Crippen LogP contribution in [0.2, 0.25) is 0 Å². The van der Waals surface area contributed by atoms with E-state index in [9.17, 15) is 4.79 Å². The molecule has 0 bridgehead atoms. The van der Waals surface area contributed by atoms with Crippen LogP contribution in [0.4, 0.5) is 5.69 Å². The van der Waals surface area contributed by atoms with Crippen LogP contribution < -0.4 is 10.7 Å². The van der Waals surface area contributed by atoms with E-state index in [4.69, 9.17) is 0 Å². The third-order valence-corrected chi connectivity index (χ3v) is 4.41. The highest BCUT2D eigenvalue weighted by Gasteiger charge is 2.03. The van der Waals surface area contributed by atoms with Crippen molar-refractivity contribution in [3.8, 4) is 0 Å². The lowest BCUT2D eigenvalue weighted by Crippen LogP contribution is -2.25. The van der Waals surface area contributed by atoms with Gasteiger partial charge in [-0.2, -0.15) is 5.10 Å². The summed E-state index contributed by atoms with van der Waals surface area (Å²) in [5.41, 5.74) is 4.44. The van der Waals surface area contributed by atoms with E-state index < -0.39 is 0 Å². The molecule has 4 rings (SSSR count). The first-order valence-corrected chi connectivity index (χ1v) is 8.82. The smallest absolute Gasteiger partial charge is 0.259 e. The second-order valence-electron chi connectivity index (χ2n) is 6.28. The van der Waals surface area contributed by atoms with Gasteiger partial charge in [0.2, 0.25) is 0 Å². The van der Waals surface area contributed by atoms with Crippen LogP contribution in [0, 0.1) is 0 Å². The van der Waals surface area contributed by atoms with Gasteiger partial charge in [0.25, 0.3) is 5.91 Å². The Balaban J connectivity index is 1.37. The van der Waals surface area contributed by atoms with Crippen molar-refractivity contribution in [2.75, 3.05) is 11.9 Å². The van der Waals surface area contributed by atoms with E-state index in [-0.39, 0.29) is 12.5 Å². The Morgan fingerprint density at radius 1 is 0.815 bits per heavy atom. The molecule has 0 spiro atoms. The summed E-state index contributed by atoms with van der Waals surface area (Å²) in [7, 11) is 0. The minimum absolute atomic E-state index is 0.156. The molecular formula is C23H19N3O. The molecule has 132 valence electrons. The number of carbonyl (C=O) groups excluding carboxylic acids is 1. The van der Waals surface area contributed by atoms with Crippen molar-refractivity contribution < 1.29 is 4.79 Å². The predicted molar refractivity (Wildman–Crippen MR) is 112 cm³/mol. The molecule has 1 amide bonds. The van der Waals surface area contributed by atoms with Crippen molar-refractivity contribution in [2.45, 2.75) is 0 Å². The summed E-state index contributed by atoms with van der Waals surface area (Å²) in [4.78, 5) is 12.1. The molecule has 0 aromatic heterocycles. The van der Waals surface area contributed by atoms with Gasteiger partial charge in [-0.25, -0.2) is 5.43 Å². The number of anilines is 1. The second kappa shape index (κ2) is 7.70. The van der Waals surface area contributed by atoms with Gasteiger partial charge in [0.15, 0.2) is 0 Å². The molecule has 27 heavy (non-hydrogen) atoms. The molecular weight excluding hydrogens is 334 g/mol. The van der Waals surface area contributed by atoms with Crippen LogP contribution in [-0.2, 0) is 4.79 Å². The standard InChI is InChI=1S/C23H19N3O/c27-23(16-24-22-11-5-9-19-7-3-4-10-21(19)22)26-25-15-17-12-13-18-6-1-2-8-20(18)14-17/h1-15,24H,16H2,(H,26,27)/b25-15+. The van der Waals surface area contributed by atoms with Gasteiger partial charge in [0.05, 0.1) is 12.8 Å². The molecule has 0 unspecified atom stereocenters. The van der Waals surface area contributed by atoms with Crippen molar-refractivity contribution >= 4 is 39.4 Å². The number of carbonyl (C=O) groups is 1. The first kappa shape index (κ1) is 16.8. The number of nitrogens with zero attached hydrogens (tertiary/aromatic N) is 1. The van der Waals surface area contributed by atoms with Crippen LogP contribution >= 0.6 is 0 Å². The molecule has 0 aliphatic heterocycles. The number of hydrazone groups is 1. The summed E-state index contributed by atoms with van der Waals surface area (Å²) < 4.78 is 0. The fraction of sp³-hybridized carbons (Fsp3) is 0.0435. The molecule has 0 atom stereocenters. The van der Waals surface area contributed by atoms with E-state index in [1.54, 1.807) is 6.21 Å². The van der Waals surface area contributed by atoms with E-state index in [0.717, 1.165) is 27.4 Å². The van der Waals surface area contributed by atoms with E-state index in [0.29, 0.717) is 0 Å². The molecule has 4 nitrogen and oxygen atoms in total. The van der Waals surface area contributed by atoms with Gasteiger partial charge >= 0.3 is 0 Å². The molecule has 4 aromatic carbocycles. The van der Waals surface area contributed by atoms with Crippen LogP contribution in [0.5, 0.6) is 0 Å². The van der Waals surface area contributed by atoms with Crippen molar-refractivity contribution in [1.82, 2.24) is 5.43 Å². The lowest BCUT2D eigenvalue weighted by Gasteiger charge is -2.08. The Morgan fingerprint density at radius 3 is 2.44 bits per heavy atom. The molecule has 4 heteroatoms. The molecule has 0 aliphatic rings. The summed E-state index contributed by atoms with van der Waals surface area (Å²) in [6, 6.07) is 28.3. The minimum atomic E-state index is -0.194. The zero-order valence-electron chi connectivity index (χ0n) is 14.7. The third kappa shape index (κ3) is 3.96. The van der Waals surface area contributed by atoms with E-state index in [1.165, 1.54) is 5.39 Å². The zero-order valence-corrected chi connectivity index (χ0v) is 14.7. The van der Waals surface area contributed by atoms with Crippen LogP contribution in [0.25, 0.3) is 21.5 Å². The Morgan fingerprint density at radius 2 is 1.56 bits per heavy atom. The van der Waals surface area contributed by atoms with Gasteiger partial charge in [-0.1, -0.05) is 72.8 Å². The largest absolute Gasteiger partial charge is 0.376 e. The number of fused-ring (bicyclic) bond motifs is 2. The molecule has 0 saturated heterocycles. The lowest BCUT2D eigenvalue weighted by atomic mass is 10.1. The number of rotatable bonds is 5. The van der Waals surface area contributed by atoms with Gasteiger partial charge in [-0.15, -0.1) is 0 Å². The van der Waals surface area contributed by atoms with Gasteiger partial charge in [0, 0.05) is 11.1 Å². The second-order valence-corrected chi connectivity index (χ2v) is 6.28. The van der Waals surface area contributed by atoms with Crippen molar-refractivity contribution in [1.29, 1.82) is 0 Å². The van der Waals surface area contributed by atoms with Crippen molar-refractivity contribution in [3.63, 3.8) is 0 Å². The van der Waals surface area contributed by atoms with Gasteiger partial charge in [-0.3, -0.25) is 4.79 Å². The fourth-order valence-corrected chi connectivity index (χ4v) is 3.06. The van der Waals surface area contributed by atoms with Gasteiger partial charge < -0.3 is 5.32 Å². The van der Waals surface area contributed by atoms with E-state index >= 15 is 0 Å². The number of hydrogen-bond donors (Lipinski definition) is 2. The molecule has 0 saturated carbocycles. The van der Waals surface area contributed by atoms with Gasteiger partial charge in [0.1, 0.15) is 0 Å². The SMILES string of the molecule is O=C(CNc1cccc2ccccc12)N/N=C/c1ccc2ccccc2c1. The first-order valence-electron chi connectivity index (χ1n) is 8.82. The van der Waals surface area contributed by atoms with E-state index in [2.05, 4.69) is 40.1 Å². The maximum Gasteiger partial charge on any atom is 0.259 e. The monoisotopic (exact) mass is 353 g/mol. The quantitative estimate of drug-likeness (QED) is 0.408. The highest BCUT2D eigenvalue weighted by atomic mass is 16.2. The molecule has 0 heterocycles. The Hall–Kier alpha value is -3.66. The first-order chi connectivity index (χ1) is 13.3. The fourth-order valence-electron chi connectivity index (χ4n) is 3.06. The van der Waals surface area contributed by atoms with Gasteiger partial charge in [-0.05, 0) is 33.9 Å². The minimum Gasteiger partial charge on any atom is -0.376 e. The van der Waals surface area contributed by atoms with Crippen LogP contribution in [0.1, 0.15) is 5.56 Å². The molecule has 0 fully saturated rings. The molecule has 0 aliphatic carbocycles. The maximum atomic E-state index is 12.1. The predicted octanol–water partition coefficient (Wildman–Crippen LogP) is 4.56. The van der Waals surface area contributed by atoms with Crippen LogP contribution in [-0.4, -0.2) is 18.7 Å². The maximum absolute atomic E-state index is 12.1. The number of hydrogen-bond acceptors (Lipinski definition) is 3.